The average Bonchev–Trinajstić information content (AvgIpc) is 2.25. The minimum atomic E-state index is -3.60. The summed E-state index contributed by atoms with van der Waals surface area (Å²) in [6, 6.07) is 6.15. The number of nitrogens with one attached hydrogen (secondary N) is 1. The first kappa shape index (κ1) is 15.9. The molecule has 19 heavy (non-hydrogen) atoms. The van der Waals surface area contributed by atoms with Crippen molar-refractivity contribution in [2.24, 2.45) is 5.92 Å². The third-order valence-electron chi connectivity index (χ3n) is 2.39. The van der Waals surface area contributed by atoms with E-state index in [0.29, 0.717) is 5.56 Å². The van der Waals surface area contributed by atoms with Gasteiger partial charge in [0.25, 0.3) is 0 Å². The molecular weight excluding hydrogens is 262 g/mol. The predicted octanol–water partition coefficient (Wildman–Crippen LogP) is 2.60. The van der Waals surface area contributed by atoms with Crippen LogP contribution in [0.3, 0.4) is 0 Å². The topological polar surface area (TPSA) is 63.2 Å². The van der Waals surface area contributed by atoms with Crippen molar-refractivity contribution in [3.63, 3.8) is 0 Å². The summed E-state index contributed by atoms with van der Waals surface area (Å²) >= 11 is 0. The van der Waals surface area contributed by atoms with Crippen LogP contribution in [-0.2, 0) is 10.0 Å². The molecule has 1 N–H and O–H groups in total. The lowest BCUT2D eigenvalue weighted by Gasteiger charge is -2.20. The van der Waals surface area contributed by atoms with Gasteiger partial charge in [-0.1, -0.05) is 26.0 Å². The van der Waals surface area contributed by atoms with Gasteiger partial charge < -0.3 is 0 Å². The molecule has 0 amide bonds. The highest BCUT2D eigenvalue weighted by Gasteiger charge is 2.23. The van der Waals surface area contributed by atoms with Crippen molar-refractivity contribution in [1.82, 2.24) is 4.72 Å². The van der Waals surface area contributed by atoms with Gasteiger partial charge in [0.2, 0.25) is 10.0 Å². The Morgan fingerprint density at radius 1 is 1.21 bits per heavy atom. The second kappa shape index (κ2) is 5.43. The van der Waals surface area contributed by atoms with E-state index in [1.165, 1.54) is 12.1 Å². The highest BCUT2D eigenvalue weighted by molar-refractivity contribution is 7.89. The van der Waals surface area contributed by atoms with Crippen molar-refractivity contribution < 1.29 is 13.2 Å². The van der Waals surface area contributed by atoms with E-state index in [1.54, 1.807) is 46.8 Å². The highest BCUT2D eigenvalue weighted by Crippen LogP contribution is 2.16. The standard InChI is InChI=1S/C14H21NO3S/c1-10(2)13(16)11-7-6-8-12(9-11)19(17,18)15-14(3,4)5/h6-10,15H,1-5H3. The van der Waals surface area contributed by atoms with Gasteiger partial charge in [-0.15, -0.1) is 0 Å². The molecular formula is C14H21NO3S. The Bertz CT molecular complexity index is 569. The minimum Gasteiger partial charge on any atom is -0.294 e. The zero-order chi connectivity index (χ0) is 14.8. The predicted molar refractivity (Wildman–Crippen MR) is 75.7 cm³/mol. The van der Waals surface area contributed by atoms with Crippen LogP contribution >= 0.6 is 0 Å². The zero-order valence-corrected chi connectivity index (χ0v) is 12.8. The van der Waals surface area contributed by atoms with E-state index in [1.807, 2.05) is 0 Å². The molecule has 1 rings (SSSR count). The molecule has 1 aromatic rings. The second-order valence-corrected chi connectivity index (χ2v) is 7.58. The maximum absolute atomic E-state index is 12.2. The lowest BCUT2D eigenvalue weighted by atomic mass is 10.0. The maximum Gasteiger partial charge on any atom is 0.241 e. The molecule has 0 aliphatic rings. The molecule has 0 aromatic heterocycles. The summed E-state index contributed by atoms with van der Waals surface area (Å²) in [5.74, 6) is -0.221. The van der Waals surface area contributed by atoms with Crippen LogP contribution in [0.25, 0.3) is 0 Å². The third kappa shape index (κ3) is 4.44. The number of carbonyl (C=O) groups excluding carboxylic acids is 1. The number of benzene rings is 1. The lowest BCUT2D eigenvalue weighted by molar-refractivity contribution is 0.0939. The van der Waals surface area contributed by atoms with E-state index in [2.05, 4.69) is 4.72 Å². The van der Waals surface area contributed by atoms with Crippen LogP contribution in [0, 0.1) is 5.92 Å². The third-order valence-corrected chi connectivity index (χ3v) is 4.15. The lowest BCUT2D eigenvalue weighted by Crippen LogP contribution is -2.40. The van der Waals surface area contributed by atoms with E-state index in [4.69, 9.17) is 0 Å². The van der Waals surface area contributed by atoms with Crippen molar-refractivity contribution in [2.45, 2.75) is 45.1 Å². The number of hydrogen-bond donors (Lipinski definition) is 1. The Morgan fingerprint density at radius 3 is 2.26 bits per heavy atom. The fourth-order valence-electron chi connectivity index (χ4n) is 1.61. The van der Waals surface area contributed by atoms with E-state index in [-0.39, 0.29) is 16.6 Å². The quantitative estimate of drug-likeness (QED) is 0.864. The summed E-state index contributed by atoms with van der Waals surface area (Å²) in [4.78, 5) is 12.0. The molecule has 0 aliphatic carbocycles. The molecule has 106 valence electrons. The van der Waals surface area contributed by atoms with Crippen molar-refractivity contribution in [2.75, 3.05) is 0 Å². The van der Waals surface area contributed by atoms with Gasteiger partial charge in [-0.2, -0.15) is 0 Å². The number of hydrogen-bond acceptors (Lipinski definition) is 3. The molecule has 0 bridgehead atoms. The summed E-state index contributed by atoms with van der Waals surface area (Å²) in [6.07, 6.45) is 0. The fourth-order valence-corrected chi connectivity index (χ4v) is 3.08. The molecule has 5 heteroatoms. The van der Waals surface area contributed by atoms with Gasteiger partial charge in [-0.05, 0) is 32.9 Å². The first-order valence-electron chi connectivity index (χ1n) is 6.21. The largest absolute Gasteiger partial charge is 0.294 e. The van der Waals surface area contributed by atoms with Gasteiger partial charge >= 0.3 is 0 Å². The maximum atomic E-state index is 12.2. The number of ketones is 1. The van der Waals surface area contributed by atoms with Crippen molar-refractivity contribution in [1.29, 1.82) is 0 Å². The zero-order valence-electron chi connectivity index (χ0n) is 12.0. The Kier molecular flexibility index (Phi) is 4.53. The molecule has 4 nitrogen and oxygen atoms in total. The SMILES string of the molecule is CC(C)C(=O)c1cccc(S(=O)(=O)NC(C)(C)C)c1. The summed E-state index contributed by atoms with van der Waals surface area (Å²) in [5.41, 5.74) is -0.136. The van der Waals surface area contributed by atoms with Crippen LogP contribution in [-0.4, -0.2) is 19.7 Å². The smallest absolute Gasteiger partial charge is 0.241 e. The summed E-state index contributed by atoms with van der Waals surface area (Å²) in [6.45, 7) is 8.89. The molecule has 0 spiro atoms. The van der Waals surface area contributed by atoms with E-state index < -0.39 is 15.6 Å². The van der Waals surface area contributed by atoms with Crippen molar-refractivity contribution in [3.05, 3.63) is 29.8 Å². The average molecular weight is 283 g/mol. The van der Waals surface area contributed by atoms with E-state index in [9.17, 15) is 13.2 Å². The summed E-state index contributed by atoms with van der Waals surface area (Å²) in [5, 5.41) is 0. The monoisotopic (exact) mass is 283 g/mol. The van der Waals surface area contributed by atoms with Crippen LogP contribution in [0.1, 0.15) is 45.0 Å². The number of carbonyl (C=O) groups is 1. The summed E-state index contributed by atoms with van der Waals surface area (Å²) < 4.78 is 26.9. The molecule has 0 atom stereocenters. The van der Waals surface area contributed by atoms with E-state index >= 15 is 0 Å². The van der Waals surface area contributed by atoms with Gasteiger partial charge in [0, 0.05) is 17.0 Å². The van der Waals surface area contributed by atoms with Crippen LogP contribution in [0.5, 0.6) is 0 Å². The van der Waals surface area contributed by atoms with Gasteiger partial charge in [-0.3, -0.25) is 4.79 Å². The summed E-state index contributed by atoms with van der Waals surface area (Å²) in [7, 11) is -3.60. The van der Waals surface area contributed by atoms with Gasteiger partial charge in [-0.25, -0.2) is 13.1 Å². The molecule has 0 unspecified atom stereocenters. The molecule has 0 saturated heterocycles. The van der Waals surface area contributed by atoms with Crippen molar-refractivity contribution in [3.8, 4) is 0 Å². The number of sulfonamides is 1. The normalized spacial score (nSPS) is 12.7. The number of rotatable bonds is 4. The van der Waals surface area contributed by atoms with Gasteiger partial charge in [0.1, 0.15) is 0 Å². The molecule has 0 radical (unpaired) electrons. The first-order chi connectivity index (χ1) is 8.53. The van der Waals surface area contributed by atoms with Crippen LogP contribution < -0.4 is 4.72 Å². The van der Waals surface area contributed by atoms with Gasteiger partial charge in [0.05, 0.1) is 4.90 Å². The molecule has 1 aromatic carbocycles. The van der Waals surface area contributed by atoms with E-state index in [0.717, 1.165) is 0 Å². The fraction of sp³-hybridized carbons (Fsp3) is 0.500. The van der Waals surface area contributed by atoms with Crippen LogP contribution in [0.4, 0.5) is 0 Å². The minimum absolute atomic E-state index is 0.0622. The molecule has 0 aliphatic heterocycles. The Hall–Kier alpha value is -1.20. The van der Waals surface area contributed by atoms with Crippen LogP contribution in [0.2, 0.25) is 0 Å². The second-order valence-electron chi connectivity index (χ2n) is 5.90. The number of Topliss-reactive ketones (excluding diaryl/α,β-unsaturated/α-hetero) is 1. The molecule has 0 fully saturated rings. The molecule has 0 saturated carbocycles. The van der Waals surface area contributed by atoms with Gasteiger partial charge in [0.15, 0.2) is 5.78 Å². The van der Waals surface area contributed by atoms with Crippen molar-refractivity contribution >= 4 is 15.8 Å². The Balaban J connectivity index is 3.16. The molecule has 0 heterocycles. The Morgan fingerprint density at radius 2 is 1.79 bits per heavy atom. The highest BCUT2D eigenvalue weighted by atomic mass is 32.2. The van der Waals surface area contributed by atoms with Crippen LogP contribution in [0.15, 0.2) is 29.2 Å². The first-order valence-corrected chi connectivity index (χ1v) is 7.69. The Labute approximate surface area is 115 Å².